The van der Waals surface area contributed by atoms with Crippen LogP contribution in [0.2, 0.25) is 0 Å². The molecule has 0 atom stereocenters. The van der Waals surface area contributed by atoms with Gasteiger partial charge in [-0.25, -0.2) is 0 Å². The van der Waals surface area contributed by atoms with Gasteiger partial charge in [0, 0.05) is 20.1 Å². The molecule has 2 amide bonds. The molecule has 3 rings (SSSR count). The lowest BCUT2D eigenvalue weighted by molar-refractivity contribution is -0.136. The van der Waals surface area contributed by atoms with Crippen LogP contribution in [0.1, 0.15) is 24.8 Å². The minimum Gasteiger partial charge on any atom is -0.493 e. The summed E-state index contributed by atoms with van der Waals surface area (Å²) in [5, 5.41) is 0. The third-order valence-corrected chi connectivity index (χ3v) is 4.61. The smallest absolute Gasteiger partial charge is 0.277 e. The average Bonchev–Trinajstić information content (AvgIpc) is 2.86. The van der Waals surface area contributed by atoms with Crippen LogP contribution < -0.4 is 9.47 Å². The van der Waals surface area contributed by atoms with E-state index in [1.807, 2.05) is 4.90 Å². The molecule has 1 saturated heterocycles. The van der Waals surface area contributed by atoms with Gasteiger partial charge in [-0.3, -0.25) is 14.5 Å². The first kappa shape index (κ1) is 16.4. The first-order valence-electron chi connectivity index (χ1n) is 8.12. The summed E-state index contributed by atoms with van der Waals surface area (Å²) in [4.78, 5) is 28.5. The number of carbonyl (C=O) groups excluding carboxylic acids is 2. The van der Waals surface area contributed by atoms with Crippen LogP contribution in [0.15, 0.2) is 23.9 Å². The van der Waals surface area contributed by atoms with Gasteiger partial charge in [0.25, 0.3) is 11.8 Å². The highest BCUT2D eigenvalue weighted by atomic mass is 16.5. The van der Waals surface area contributed by atoms with Gasteiger partial charge in [-0.15, -0.1) is 0 Å². The van der Waals surface area contributed by atoms with Crippen LogP contribution >= 0.6 is 0 Å². The zero-order valence-corrected chi connectivity index (χ0v) is 14.3. The highest BCUT2D eigenvalue weighted by molar-refractivity contribution is 6.35. The van der Waals surface area contributed by atoms with E-state index in [1.165, 1.54) is 11.9 Å². The van der Waals surface area contributed by atoms with Crippen LogP contribution in [-0.2, 0) is 9.59 Å². The molecule has 6 nitrogen and oxygen atoms in total. The molecule has 0 N–H and O–H groups in total. The summed E-state index contributed by atoms with van der Waals surface area (Å²) in [5.41, 5.74) is 1.63. The quantitative estimate of drug-likeness (QED) is 0.789. The predicted molar refractivity (Wildman–Crippen MR) is 89.7 cm³/mol. The Balaban J connectivity index is 2.11. The van der Waals surface area contributed by atoms with E-state index in [1.54, 1.807) is 32.4 Å². The molecule has 0 radical (unpaired) electrons. The fourth-order valence-corrected chi connectivity index (χ4v) is 3.29. The Kier molecular flexibility index (Phi) is 4.46. The number of likely N-dealkylation sites (tertiary alicyclic amines) is 1. The SMILES string of the molecule is COc1ccc(C2=C(N3CCCCC3)C(=O)N(C)C2=O)cc1OC. The van der Waals surface area contributed by atoms with Crippen LogP contribution in [0, 0.1) is 0 Å². The number of likely N-dealkylation sites (N-methyl/N-ethyl adjacent to an activating group) is 1. The summed E-state index contributed by atoms with van der Waals surface area (Å²) in [5.74, 6) is 0.626. The minimum atomic E-state index is -0.271. The average molecular weight is 330 g/mol. The molecule has 1 aromatic carbocycles. The van der Waals surface area contributed by atoms with Crippen molar-refractivity contribution in [1.29, 1.82) is 0 Å². The Labute approximate surface area is 141 Å². The molecule has 0 spiro atoms. The van der Waals surface area contributed by atoms with Gasteiger partial charge in [-0.2, -0.15) is 0 Å². The molecular formula is C18H22N2O4. The van der Waals surface area contributed by atoms with Gasteiger partial charge in [0.15, 0.2) is 11.5 Å². The molecular weight excluding hydrogens is 308 g/mol. The molecule has 2 aliphatic heterocycles. The normalized spacial score (nSPS) is 18.5. The topological polar surface area (TPSA) is 59.1 Å². The number of piperidine rings is 1. The molecule has 128 valence electrons. The summed E-state index contributed by atoms with van der Waals surface area (Å²) in [6.07, 6.45) is 3.23. The van der Waals surface area contributed by atoms with Crippen molar-refractivity contribution in [1.82, 2.24) is 9.80 Å². The molecule has 0 aromatic heterocycles. The van der Waals surface area contributed by atoms with Crippen molar-refractivity contribution in [2.24, 2.45) is 0 Å². The number of methoxy groups -OCH3 is 2. The van der Waals surface area contributed by atoms with Crippen molar-refractivity contribution >= 4 is 17.4 Å². The number of imide groups is 1. The Morgan fingerprint density at radius 2 is 1.58 bits per heavy atom. The van der Waals surface area contributed by atoms with Crippen molar-refractivity contribution in [3.05, 3.63) is 29.5 Å². The molecule has 1 aromatic rings. The van der Waals surface area contributed by atoms with Crippen LogP contribution in [0.4, 0.5) is 0 Å². The lowest BCUT2D eigenvalue weighted by atomic mass is 10.0. The van der Waals surface area contributed by atoms with Crippen LogP contribution in [0.25, 0.3) is 5.57 Å². The number of amides is 2. The summed E-state index contributed by atoms with van der Waals surface area (Å²) in [6, 6.07) is 5.30. The maximum absolute atomic E-state index is 12.7. The molecule has 0 unspecified atom stereocenters. The summed E-state index contributed by atoms with van der Waals surface area (Å²) >= 11 is 0. The first-order valence-corrected chi connectivity index (χ1v) is 8.12. The van der Waals surface area contributed by atoms with Crippen LogP contribution in [-0.4, -0.2) is 56.0 Å². The number of ether oxygens (including phenoxy) is 2. The molecule has 0 bridgehead atoms. The van der Waals surface area contributed by atoms with Gasteiger partial charge in [0.1, 0.15) is 5.70 Å². The van der Waals surface area contributed by atoms with Crippen molar-refractivity contribution in [2.75, 3.05) is 34.4 Å². The van der Waals surface area contributed by atoms with E-state index in [9.17, 15) is 9.59 Å². The number of rotatable bonds is 4. The van der Waals surface area contributed by atoms with Crippen LogP contribution in [0.5, 0.6) is 11.5 Å². The third-order valence-electron chi connectivity index (χ3n) is 4.61. The van der Waals surface area contributed by atoms with E-state index in [2.05, 4.69) is 0 Å². The molecule has 24 heavy (non-hydrogen) atoms. The molecule has 1 fully saturated rings. The highest BCUT2D eigenvalue weighted by Gasteiger charge is 2.39. The second kappa shape index (κ2) is 6.55. The van der Waals surface area contributed by atoms with Crippen molar-refractivity contribution in [3.8, 4) is 11.5 Å². The van der Waals surface area contributed by atoms with Gasteiger partial charge in [0.05, 0.1) is 19.8 Å². The van der Waals surface area contributed by atoms with Crippen molar-refractivity contribution < 1.29 is 19.1 Å². The first-order chi connectivity index (χ1) is 11.6. The van der Waals surface area contributed by atoms with E-state index >= 15 is 0 Å². The van der Waals surface area contributed by atoms with E-state index in [-0.39, 0.29) is 11.8 Å². The van der Waals surface area contributed by atoms with E-state index < -0.39 is 0 Å². The number of nitrogens with zero attached hydrogens (tertiary/aromatic N) is 2. The molecule has 0 aliphatic carbocycles. The summed E-state index contributed by atoms with van der Waals surface area (Å²) in [7, 11) is 4.64. The number of hydrogen-bond donors (Lipinski definition) is 0. The Morgan fingerprint density at radius 3 is 2.21 bits per heavy atom. The number of carbonyl (C=O) groups is 2. The Hall–Kier alpha value is -2.50. The van der Waals surface area contributed by atoms with Crippen LogP contribution in [0.3, 0.4) is 0 Å². The lowest BCUT2D eigenvalue weighted by Crippen LogP contribution is -2.35. The monoisotopic (exact) mass is 330 g/mol. The fraction of sp³-hybridized carbons (Fsp3) is 0.444. The predicted octanol–water partition coefficient (Wildman–Crippen LogP) is 1.90. The van der Waals surface area contributed by atoms with Crippen molar-refractivity contribution in [2.45, 2.75) is 19.3 Å². The largest absolute Gasteiger partial charge is 0.493 e. The van der Waals surface area contributed by atoms with E-state index in [0.29, 0.717) is 28.3 Å². The summed E-state index contributed by atoms with van der Waals surface area (Å²) in [6.45, 7) is 1.61. The Morgan fingerprint density at radius 1 is 0.917 bits per heavy atom. The number of benzene rings is 1. The highest BCUT2D eigenvalue weighted by Crippen LogP contribution is 2.36. The van der Waals surface area contributed by atoms with Gasteiger partial charge < -0.3 is 14.4 Å². The Bertz CT molecular complexity index is 705. The van der Waals surface area contributed by atoms with E-state index in [4.69, 9.17) is 9.47 Å². The fourth-order valence-electron chi connectivity index (χ4n) is 3.29. The molecule has 0 saturated carbocycles. The second-order valence-electron chi connectivity index (χ2n) is 6.01. The molecule has 6 heteroatoms. The number of hydrogen-bond acceptors (Lipinski definition) is 5. The standard InChI is InChI=1S/C18H22N2O4/c1-19-17(21)15(12-7-8-13(23-2)14(11-12)24-3)16(18(19)22)20-9-5-4-6-10-20/h7-8,11H,4-6,9-10H2,1-3H3. The van der Waals surface area contributed by atoms with Gasteiger partial charge in [0.2, 0.25) is 0 Å². The lowest BCUT2D eigenvalue weighted by Gasteiger charge is -2.29. The maximum Gasteiger partial charge on any atom is 0.277 e. The van der Waals surface area contributed by atoms with Gasteiger partial charge in [-0.1, -0.05) is 6.07 Å². The second-order valence-corrected chi connectivity index (χ2v) is 6.01. The molecule has 2 heterocycles. The molecule has 2 aliphatic rings. The summed E-state index contributed by atoms with van der Waals surface area (Å²) < 4.78 is 10.6. The van der Waals surface area contributed by atoms with Crippen molar-refractivity contribution in [3.63, 3.8) is 0 Å². The maximum atomic E-state index is 12.7. The van der Waals surface area contributed by atoms with Gasteiger partial charge >= 0.3 is 0 Å². The third kappa shape index (κ3) is 2.62. The van der Waals surface area contributed by atoms with E-state index in [0.717, 1.165) is 32.4 Å². The zero-order chi connectivity index (χ0) is 17.3. The minimum absolute atomic E-state index is 0.230. The zero-order valence-electron chi connectivity index (χ0n) is 14.3. The van der Waals surface area contributed by atoms with Gasteiger partial charge in [-0.05, 0) is 37.0 Å².